The second-order valence-electron chi connectivity index (χ2n) is 5.82. The highest BCUT2D eigenvalue weighted by molar-refractivity contribution is 5.26. The lowest BCUT2D eigenvalue weighted by atomic mass is 9.99. The zero-order chi connectivity index (χ0) is 15.5. The Morgan fingerprint density at radius 1 is 1.05 bits per heavy atom. The Labute approximate surface area is 131 Å². The number of rotatable bonds is 11. The molecular weight excluding hydrogens is 256 g/mol. The summed E-state index contributed by atoms with van der Waals surface area (Å²) in [7, 11) is 0. The van der Waals surface area contributed by atoms with Crippen LogP contribution in [0.25, 0.3) is 0 Å². The van der Waals surface area contributed by atoms with Crippen molar-refractivity contribution in [3.63, 3.8) is 0 Å². The highest BCUT2D eigenvalue weighted by atomic mass is 15.1. The van der Waals surface area contributed by atoms with Crippen LogP contribution in [0.2, 0.25) is 0 Å². The first-order valence-corrected chi connectivity index (χ1v) is 8.79. The molecule has 1 aromatic rings. The van der Waals surface area contributed by atoms with Gasteiger partial charge in [0.05, 0.1) is 0 Å². The lowest BCUT2D eigenvalue weighted by molar-refractivity contribution is 0.282. The Hall–Kier alpha value is -0.860. The van der Waals surface area contributed by atoms with Crippen LogP contribution >= 0.6 is 0 Å². The van der Waals surface area contributed by atoms with Crippen LogP contribution in [0.1, 0.15) is 64.1 Å². The van der Waals surface area contributed by atoms with Gasteiger partial charge in [-0.15, -0.1) is 0 Å². The molecule has 1 aromatic carbocycles. The molecule has 2 nitrogen and oxygen atoms in total. The minimum Gasteiger partial charge on any atom is -0.310 e. The third-order valence-electron chi connectivity index (χ3n) is 4.16. The monoisotopic (exact) mass is 290 g/mol. The highest BCUT2D eigenvalue weighted by Gasteiger charge is 2.12. The van der Waals surface area contributed by atoms with E-state index in [4.69, 9.17) is 0 Å². The molecule has 1 unspecified atom stereocenters. The third-order valence-corrected chi connectivity index (χ3v) is 4.16. The van der Waals surface area contributed by atoms with E-state index in [1.54, 1.807) is 0 Å². The number of hydrogen-bond donors (Lipinski definition) is 1. The first-order valence-electron chi connectivity index (χ1n) is 8.79. The number of hydrogen-bond acceptors (Lipinski definition) is 2. The van der Waals surface area contributed by atoms with Gasteiger partial charge in [0.15, 0.2) is 0 Å². The van der Waals surface area contributed by atoms with Crippen LogP contribution in [0.4, 0.5) is 0 Å². The smallest absolute Gasteiger partial charge is 0.0332 e. The molecule has 0 bridgehead atoms. The number of aryl methyl sites for hydroxylation is 1. The molecule has 0 aliphatic rings. The van der Waals surface area contributed by atoms with E-state index in [9.17, 15) is 0 Å². The minimum absolute atomic E-state index is 0.488. The Balaban J connectivity index is 2.73. The Morgan fingerprint density at radius 3 is 2.43 bits per heavy atom. The Kier molecular flexibility index (Phi) is 9.36. The summed E-state index contributed by atoms with van der Waals surface area (Å²) in [6.07, 6.45) is 4.79. The van der Waals surface area contributed by atoms with Crippen molar-refractivity contribution >= 4 is 0 Å². The summed E-state index contributed by atoms with van der Waals surface area (Å²) in [6.45, 7) is 13.6. The van der Waals surface area contributed by atoms with Crippen LogP contribution in [0.5, 0.6) is 0 Å². The number of nitrogens with zero attached hydrogens (tertiary/aromatic N) is 1. The number of nitrogens with one attached hydrogen (secondary N) is 1. The van der Waals surface area contributed by atoms with Gasteiger partial charge in [-0.1, -0.05) is 58.4 Å². The molecule has 0 radical (unpaired) electrons. The fourth-order valence-electron chi connectivity index (χ4n) is 2.81. The summed E-state index contributed by atoms with van der Waals surface area (Å²) >= 11 is 0. The molecule has 0 heterocycles. The fourth-order valence-corrected chi connectivity index (χ4v) is 2.81. The van der Waals surface area contributed by atoms with Gasteiger partial charge >= 0.3 is 0 Å². The van der Waals surface area contributed by atoms with E-state index in [0.717, 1.165) is 19.6 Å². The van der Waals surface area contributed by atoms with Gasteiger partial charge in [-0.3, -0.25) is 0 Å². The Bertz CT molecular complexity index is 372. The number of benzene rings is 1. The summed E-state index contributed by atoms with van der Waals surface area (Å²) < 4.78 is 0. The van der Waals surface area contributed by atoms with E-state index in [1.807, 2.05) is 0 Å². The van der Waals surface area contributed by atoms with Crippen LogP contribution < -0.4 is 5.32 Å². The molecule has 2 heteroatoms. The first kappa shape index (κ1) is 18.2. The zero-order valence-corrected chi connectivity index (χ0v) is 14.5. The summed E-state index contributed by atoms with van der Waals surface area (Å²) in [4.78, 5) is 2.51. The largest absolute Gasteiger partial charge is 0.310 e. The van der Waals surface area contributed by atoms with Crippen molar-refractivity contribution in [2.75, 3.05) is 26.2 Å². The molecule has 120 valence electrons. The van der Waals surface area contributed by atoms with E-state index in [2.05, 4.69) is 62.2 Å². The van der Waals surface area contributed by atoms with Crippen molar-refractivity contribution in [3.8, 4) is 0 Å². The second-order valence-corrected chi connectivity index (χ2v) is 5.82. The molecule has 0 aliphatic carbocycles. The van der Waals surface area contributed by atoms with Crippen LogP contribution in [-0.2, 0) is 6.42 Å². The van der Waals surface area contributed by atoms with Gasteiger partial charge in [-0.05, 0) is 56.6 Å². The molecule has 0 aliphatic heterocycles. The molecule has 21 heavy (non-hydrogen) atoms. The van der Waals surface area contributed by atoms with Crippen LogP contribution in [0.3, 0.4) is 0 Å². The summed E-state index contributed by atoms with van der Waals surface area (Å²) in [6, 6.07) is 9.66. The molecule has 0 fully saturated rings. The zero-order valence-electron chi connectivity index (χ0n) is 14.5. The molecule has 1 rings (SSSR count). The van der Waals surface area contributed by atoms with Crippen LogP contribution in [-0.4, -0.2) is 31.1 Å². The fraction of sp³-hybridized carbons (Fsp3) is 0.684. The average molecular weight is 290 g/mol. The maximum Gasteiger partial charge on any atom is 0.0332 e. The molecule has 1 N–H and O–H groups in total. The van der Waals surface area contributed by atoms with Gasteiger partial charge in [0.1, 0.15) is 0 Å². The molecule has 1 atom stereocenters. The predicted molar refractivity (Wildman–Crippen MR) is 93.9 cm³/mol. The maximum absolute atomic E-state index is 3.73. The minimum atomic E-state index is 0.488. The van der Waals surface area contributed by atoms with Crippen molar-refractivity contribution in [2.24, 2.45) is 0 Å². The molecule has 0 amide bonds. The first-order chi connectivity index (χ1) is 10.2. The lowest BCUT2D eigenvalue weighted by Crippen LogP contribution is -2.30. The third kappa shape index (κ3) is 6.62. The summed E-state index contributed by atoms with van der Waals surface area (Å²) in [5.74, 6) is 0. The molecular formula is C19H34N2. The molecule has 0 saturated carbocycles. The normalized spacial score (nSPS) is 12.8. The van der Waals surface area contributed by atoms with E-state index in [-0.39, 0.29) is 0 Å². The summed E-state index contributed by atoms with van der Waals surface area (Å²) in [5, 5.41) is 3.73. The van der Waals surface area contributed by atoms with Crippen molar-refractivity contribution in [2.45, 2.75) is 59.4 Å². The van der Waals surface area contributed by atoms with E-state index < -0.39 is 0 Å². The molecule has 0 saturated heterocycles. The van der Waals surface area contributed by atoms with E-state index in [0.29, 0.717) is 6.04 Å². The summed E-state index contributed by atoms with van der Waals surface area (Å²) in [5.41, 5.74) is 2.93. The van der Waals surface area contributed by atoms with Crippen LogP contribution in [0, 0.1) is 0 Å². The standard InChI is InChI=1S/C19H34N2/c1-5-10-17-11-9-12-18(16-17)19(20-14-6-2)13-15-21(7-3)8-4/h9,11-12,16,19-20H,5-8,10,13-15H2,1-4H3. The van der Waals surface area contributed by atoms with Gasteiger partial charge < -0.3 is 10.2 Å². The van der Waals surface area contributed by atoms with Crippen molar-refractivity contribution in [1.82, 2.24) is 10.2 Å². The predicted octanol–water partition coefficient (Wildman–Crippen LogP) is 4.41. The van der Waals surface area contributed by atoms with Gasteiger partial charge in [-0.25, -0.2) is 0 Å². The van der Waals surface area contributed by atoms with Gasteiger partial charge in [0, 0.05) is 6.04 Å². The van der Waals surface area contributed by atoms with E-state index >= 15 is 0 Å². The van der Waals surface area contributed by atoms with Crippen molar-refractivity contribution < 1.29 is 0 Å². The quantitative estimate of drug-likeness (QED) is 0.649. The van der Waals surface area contributed by atoms with Crippen molar-refractivity contribution in [1.29, 1.82) is 0 Å². The van der Waals surface area contributed by atoms with Gasteiger partial charge in [0.2, 0.25) is 0 Å². The van der Waals surface area contributed by atoms with E-state index in [1.165, 1.54) is 43.4 Å². The van der Waals surface area contributed by atoms with Crippen molar-refractivity contribution in [3.05, 3.63) is 35.4 Å². The maximum atomic E-state index is 3.73. The SMILES string of the molecule is CCCNC(CCN(CC)CC)c1cccc(CCC)c1. The highest BCUT2D eigenvalue weighted by Crippen LogP contribution is 2.19. The van der Waals surface area contributed by atoms with Gasteiger partial charge in [0.25, 0.3) is 0 Å². The topological polar surface area (TPSA) is 15.3 Å². The lowest BCUT2D eigenvalue weighted by Gasteiger charge is -2.24. The average Bonchev–Trinajstić information content (AvgIpc) is 2.51. The molecule has 0 aromatic heterocycles. The van der Waals surface area contributed by atoms with Gasteiger partial charge in [-0.2, -0.15) is 0 Å². The molecule has 0 spiro atoms. The second kappa shape index (κ2) is 10.8. The van der Waals surface area contributed by atoms with Crippen LogP contribution in [0.15, 0.2) is 24.3 Å². The Morgan fingerprint density at radius 2 is 1.81 bits per heavy atom.